The van der Waals surface area contributed by atoms with Crippen LogP contribution in [-0.4, -0.2) is 9.55 Å². The fourth-order valence-electron chi connectivity index (χ4n) is 0.930. The number of aryl methyl sites for hydroxylation is 2. The first kappa shape index (κ1) is 6.33. The van der Waals surface area contributed by atoms with E-state index in [0.717, 1.165) is 12.1 Å². The average Bonchev–Trinajstić information content (AvgIpc) is 2.12. The van der Waals surface area contributed by atoms with Gasteiger partial charge >= 0.3 is 0 Å². The molecule has 0 aliphatic rings. The van der Waals surface area contributed by atoms with Gasteiger partial charge in [-0.25, -0.2) is 4.98 Å². The quantitative estimate of drug-likeness (QED) is 0.547. The number of hydrogen-bond acceptors (Lipinski definition) is 1. The van der Waals surface area contributed by atoms with E-state index < -0.39 is 0 Å². The molecule has 49 valence electrons. The van der Waals surface area contributed by atoms with E-state index in [1.165, 1.54) is 5.69 Å². The van der Waals surface area contributed by atoms with E-state index in [4.69, 9.17) is 0 Å². The van der Waals surface area contributed by atoms with Crippen LogP contribution in [0.25, 0.3) is 0 Å². The molecule has 0 fully saturated rings. The van der Waals surface area contributed by atoms with Gasteiger partial charge in [-0.15, -0.1) is 0 Å². The second-order valence-corrected chi connectivity index (χ2v) is 2.14. The second kappa shape index (κ2) is 2.21. The maximum atomic E-state index is 4.11. The summed E-state index contributed by atoms with van der Waals surface area (Å²) in [6, 6.07) is 0. The molecule has 0 aliphatic heterocycles. The van der Waals surface area contributed by atoms with E-state index >= 15 is 0 Å². The van der Waals surface area contributed by atoms with Crippen LogP contribution in [-0.2, 0) is 13.5 Å². The summed E-state index contributed by atoms with van der Waals surface area (Å²) in [5, 5.41) is 0. The van der Waals surface area contributed by atoms with Crippen molar-refractivity contribution in [2.24, 2.45) is 7.05 Å². The normalized spacial score (nSPS) is 10.1. The Morgan fingerprint density at radius 1 is 1.78 bits per heavy atom. The highest BCUT2D eigenvalue weighted by Gasteiger charge is 1.98. The third-order valence-corrected chi connectivity index (χ3v) is 1.50. The summed E-state index contributed by atoms with van der Waals surface area (Å²) < 4.78 is 2.00. The van der Waals surface area contributed by atoms with Crippen molar-refractivity contribution < 1.29 is 0 Å². The predicted octanol–water partition coefficient (Wildman–Crippen LogP) is 1.11. The number of imidazole rings is 1. The van der Waals surface area contributed by atoms with E-state index in [1.54, 1.807) is 0 Å². The van der Waals surface area contributed by atoms with E-state index in [2.05, 4.69) is 11.9 Å². The highest BCUT2D eigenvalue weighted by Crippen LogP contribution is 2.03. The lowest BCUT2D eigenvalue weighted by atomic mass is 10.3. The lowest BCUT2D eigenvalue weighted by molar-refractivity contribution is 0.847. The molecule has 0 saturated carbocycles. The first-order valence-electron chi connectivity index (χ1n) is 3.01. The largest absolute Gasteiger partial charge is 0.337 e. The van der Waals surface area contributed by atoms with E-state index in [-0.39, 0.29) is 0 Å². The summed E-state index contributed by atoms with van der Waals surface area (Å²) in [6.45, 7) is 5.79. The minimum atomic E-state index is 0.822. The monoisotopic (exact) mass is 123 g/mol. The molecule has 0 spiro atoms. The Kier molecular flexibility index (Phi) is 1.56. The van der Waals surface area contributed by atoms with Crippen molar-refractivity contribution in [3.05, 3.63) is 24.6 Å². The zero-order chi connectivity index (χ0) is 6.85. The molecule has 0 aliphatic carbocycles. The van der Waals surface area contributed by atoms with Crippen LogP contribution in [0, 0.1) is 13.8 Å². The first-order valence-corrected chi connectivity index (χ1v) is 3.01. The van der Waals surface area contributed by atoms with Crippen LogP contribution in [0.3, 0.4) is 0 Å². The third kappa shape index (κ3) is 0.969. The number of hydrogen-bond donors (Lipinski definition) is 0. The third-order valence-electron chi connectivity index (χ3n) is 1.50. The minimum absolute atomic E-state index is 0.822. The molecule has 1 radical (unpaired) electrons. The Morgan fingerprint density at radius 3 is 2.67 bits per heavy atom. The molecular weight excluding hydrogens is 112 g/mol. The lowest BCUT2D eigenvalue weighted by Crippen LogP contribution is -1.93. The van der Waals surface area contributed by atoms with E-state index in [1.807, 2.05) is 24.9 Å². The molecule has 9 heavy (non-hydrogen) atoms. The van der Waals surface area contributed by atoms with E-state index in [0.29, 0.717) is 0 Å². The van der Waals surface area contributed by atoms with Crippen LogP contribution >= 0.6 is 0 Å². The van der Waals surface area contributed by atoms with Gasteiger partial charge in [-0.1, -0.05) is 0 Å². The maximum Gasteiger partial charge on any atom is 0.0948 e. The Hall–Kier alpha value is -0.790. The van der Waals surface area contributed by atoms with E-state index in [9.17, 15) is 0 Å². The van der Waals surface area contributed by atoms with Gasteiger partial charge in [-0.2, -0.15) is 0 Å². The van der Waals surface area contributed by atoms with Crippen LogP contribution in [0.15, 0.2) is 6.33 Å². The van der Waals surface area contributed by atoms with Gasteiger partial charge in [0.05, 0.1) is 12.0 Å². The van der Waals surface area contributed by atoms with Gasteiger partial charge in [0.1, 0.15) is 0 Å². The van der Waals surface area contributed by atoms with Gasteiger partial charge in [0.15, 0.2) is 0 Å². The van der Waals surface area contributed by atoms with Crippen LogP contribution < -0.4 is 0 Å². The van der Waals surface area contributed by atoms with Crippen LogP contribution in [0.5, 0.6) is 0 Å². The summed E-state index contributed by atoms with van der Waals surface area (Å²) in [5.41, 5.74) is 2.31. The van der Waals surface area contributed by atoms with Crippen molar-refractivity contribution in [3.63, 3.8) is 0 Å². The molecule has 0 bridgehead atoms. The fourth-order valence-corrected chi connectivity index (χ4v) is 0.930. The Labute approximate surface area is 55.5 Å². The average molecular weight is 123 g/mol. The maximum absolute atomic E-state index is 4.11. The molecule has 0 N–H and O–H groups in total. The summed E-state index contributed by atoms with van der Waals surface area (Å²) in [6.07, 6.45) is 2.64. The fraction of sp³-hybridized carbons (Fsp3) is 0.429. The molecule has 0 saturated heterocycles. The molecule has 0 amide bonds. The van der Waals surface area contributed by atoms with Crippen LogP contribution in [0.1, 0.15) is 11.4 Å². The summed E-state index contributed by atoms with van der Waals surface area (Å²) >= 11 is 0. The first-order chi connectivity index (χ1) is 4.25. The number of nitrogens with zero attached hydrogens (tertiary/aromatic N) is 2. The Morgan fingerprint density at radius 2 is 2.44 bits per heavy atom. The van der Waals surface area contributed by atoms with Gasteiger partial charge in [0.2, 0.25) is 0 Å². The lowest BCUT2D eigenvalue weighted by Gasteiger charge is -1.96. The van der Waals surface area contributed by atoms with Crippen LogP contribution in [0.2, 0.25) is 0 Å². The van der Waals surface area contributed by atoms with Crippen molar-refractivity contribution in [2.75, 3.05) is 0 Å². The van der Waals surface area contributed by atoms with Gasteiger partial charge in [-0.3, -0.25) is 0 Å². The SMILES string of the molecule is [CH2]Cc1c(C)ncn1C. The molecule has 2 heteroatoms. The van der Waals surface area contributed by atoms with Gasteiger partial charge in [0.25, 0.3) is 0 Å². The van der Waals surface area contributed by atoms with Crippen molar-refractivity contribution in [2.45, 2.75) is 13.3 Å². The van der Waals surface area contributed by atoms with Gasteiger partial charge in [0, 0.05) is 12.7 Å². The molecule has 1 heterocycles. The molecule has 1 rings (SSSR count). The molecule has 1 aromatic heterocycles. The summed E-state index contributed by atoms with van der Waals surface area (Å²) in [7, 11) is 1.99. The molecule has 0 unspecified atom stereocenters. The second-order valence-electron chi connectivity index (χ2n) is 2.14. The molecule has 2 nitrogen and oxygen atoms in total. The van der Waals surface area contributed by atoms with Crippen molar-refractivity contribution >= 4 is 0 Å². The number of aromatic nitrogens is 2. The summed E-state index contributed by atoms with van der Waals surface area (Å²) in [5.74, 6) is 0. The molecule has 1 aromatic rings. The topological polar surface area (TPSA) is 17.8 Å². The van der Waals surface area contributed by atoms with Crippen molar-refractivity contribution in [1.82, 2.24) is 9.55 Å². The molecular formula is C7H11N2. The molecule has 0 aromatic carbocycles. The van der Waals surface area contributed by atoms with Crippen molar-refractivity contribution in [1.29, 1.82) is 0 Å². The zero-order valence-electron chi connectivity index (χ0n) is 5.89. The Balaban J connectivity index is 3.07. The zero-order valence-corrected chi connectivity index (χ0v) is 5.89. The van der Waals surface area contributed by atoms with Crippen LogP contribution in [0.4, 0.5) is 0 Å². The summed E-state index contributed by atoms with van der Waals surface area (Å²) in [4.78, 5) is 4.11. The standard InChI is InChI=1S/C7H11N2/c1-4-7-6(2)8-5-9(7)3/h5H,1,4H2,2-3H3. The highest BCUT2D eigenvalue weighted by molar-refractivity contribution is 5.11. The number of rotatable bonds is 1. The molecule has 0 atom stereocenters. The smallest absolute Gasteiger partial charge is 0.0948 e. The minimum Gasteiger partial charge on any atom is -0.337 e. The van der Waals surface area contributed by atoms with Gasteiger partial charge in [-0.05, 0) is 20.3 Å². The predicted molar refractivity (Wildman–Crippen MR) is 37.0 cm³/mol. The Bertz CT molecular complexity index is 181. The highest BCUT2D eigenvalue weighted by atomic mass is 15.0. The van der Waals surface area contributed by atoms with Crippen molar-refractivity contribution in [3.8, 4) is 0 Å². The van der Waals surface area contributed by atoms with Gasteiger partial charge < -0.3 is 4.57 Å².